The first-order chi connectivity index (χ1) is 9.38. The summed E-state index contributed by atoms with van der Waals surface area (Å²) in [5.74, 6) is 0.614. The number of carbonyl (C=O) groups is 1. The summed E-state index contributed by atoms with van der Waals surface area (Å²) in [7, 11) is 0. The summed E-state index contributed by atoms with van der Waals surface area (Å²) >= 11 is 6.06. The smallest absolute Gasteiger partial charge is 0.249 e. The number of carbonyl (C=O) groups excluding carboxylic acids is 1. The quantitative estimate of drug-likeness (QED) is 0.944. The number of nitrogens with one attached hydrogen (secondary N) is 1. The lowest BCUT2D eigenvalue weighted by Gasteiger charge is -2.16. The minimum Gasteiger partial charge on any atom is -0.419 e. The zero-order valence-corrected chi connectivity index (χ0v) is 12.4. The van der Waals surface area contributed by atoms with Crippen molar-refractivity contribution >= 4 is 17.5 Å². The average molecular weight is 294 g/mol. The molecule has 0 unspecified atom stereocenters. The summed E-state index contributed by atoms with van der Waals surface area (Å²) in [5, 5.41) is 11.1. The lowest BCUT2D eigenvalue weighted by molar-refractivity contribution is -0.128. The van der Waals surface area contributed by atoms with E-state index in [-0.39, 0.29) is 12.5 Å². The molecule has 0 bridgehead atoms. The summed E-state index contributed by atoms with van der Waals surface area (Å²) in [6.07, 6.45) is 0. The first-order valence-electron chi connectivity index (χ1n) is 6.23. The monoisotopic (exact) mass is 293 g/mol. The maximum atomic E-state index is 11.7. The summed E-state index contributed by atoms with van der Waals surface area (Å²) in [4.78, 5) is 11.7. The van der Waals surface area contributed by atoms with Gasteiger partial charge in [-0.3, -0.25) is 4.79 Å². The van der Waals surface area contributed by atoms with Gasteiger partial charge < -0.3 is 9.73 Å². The van der Waals surface area contributed by atoms with Crippen molar-refractivity contribution < 1.29 is 9.21 Å². The van der Waals surface area contributed by atoms with Crippen molar-refractivity contribution in [3.8, 4) is 11.5 Å². The van der Waals surface area contributed by atoms with Crippen LogP contribution in [-0.2, 0) is 11.3 Å². The van der Waals surface area contributed by atoms with Crippen LogP contribution in [0.3, 0.4) is 0 Å². The zero-order valence-electron chi connectivity index (χ0n) is 11.6. The van der Waals surface area contributed by atoms with Crippen molar-refractivity contribution in [2.75, 3.05) is 0 Å². The Morgan fingerprint density at radius 2 is 2.00 bits per heavy atom. The Balaban J connectivity index is 2.07. The number of nitrogens with zero attached hydrogens (tertiary/aromatic N) is 2. The van der Waals surface area contributed by atoms with Crippen LogP contribution in [0.4, 0.5) is 0 Å². The van der Waals surface area contributed by atoms with Crippen molar-refractivity contribution in [2.45, 2.75) is 27.3 Å². The van der Waals surface area contributed by atoms with Crippen LogP contribution in [0.15, 0.2) is 28.7 Å². The predicted octanol–water partition coefficient (Wildman–Crippen LogP) is 3.05. The Morgan fingerprint density at radius 1 is 1.30 bits per heavy atom. The molecule has 1 aromatic heterocycles. The van der Waals surface area contributed by atoms with Crippen LogP contribution in [0.2, 0.25) is 5.02 Å². The van der Waals surface area contributed by atoms with Crippen LogP contribution in [-0.4, -0.2) is 16.1 Å². The molecule has 0 aliphatic carbocycles. The minimum absolute atomic E-state index is 0.0741. The molecule has 0 saturated carbocycles. The van der Waals surface area contributed by atoms with Crippen LogP contribution in [0.5, 0.6) is 0 Å². The van der Waals surface area contributed by atoms with E-state index in [1.807, 2.05) is 32.9 Å². The standard InChI is InChI=1S/C14H16ClN3O2/c1-14(2,3)13(19)16-8-11-17-18-12(20-11)9-6-4-5-7-10(9)15/h4-7H,8H2,1-3H3,(H,16,19). The van der Waals surface area contributed by atoms with Gasteiger partial charge in [0.05, 0.1) is 17.1 Å². The molecule has 5 nitrogen and oxygen atoms in total. The Labute approximate surface area is 122 Å². The van der Waals surface area contributed by atoms with Crippen LogP contribution < -0.4 is 5.32 Å². The number of halogens is 1. The van der Waals surface area contributed by atoms with Crippen LogP contribution in [0.25, 0.3) is 11.5 Å². The SMILES string of the molecule is CC(C)(C)C(=O)NCc1nnc(-c2ccccc2Cl)o1. The van der Waals surface area contributed by atoms with E-state index in [4.69, 9.17) is 16.0 Å². The largest absolute Gasteiger partial charge is 0.419 e. The third-order valence-electron chi connectivity index (χ3n) is 2.65. The second-order valence-corrected chi connectivity index (χ2v) is 5.82. The fourth-order valence-corrected chi connectivity index (χ4v) is 1.71. The van der Waals surface area contributed by atoms with Gasteiger partial charge in [-0.1, -0.05) is 44.5 Å². The third kappa shape index (κ3) is 3.36. The fourth-order valence-electron chi connectivity index (χ4n) is 1.49. The van der Waals surface area contributed by atoms with E-state index in [2.05, 4.69) is 15.5 Å². The molecule has 0 saturated heterocycles. The summed E-state index contributed by atoms with van der Waals surface area (Å²) < 4.78 is 5.49. The molecule has 1 amide bonds. The third-order valence-corrected chi connectivity index (χ3v) is 2.98. The number of hydrogen-bond acceptors (Lipinski definition) is 4. The minimum atomic E-state index is -0.453. The fraction of sp³-hybridized carbons (Fsp3) is 0.357. The number of aromatic nitrogens is 2. The van der Waals surface area contributed by atoms with Gasteiger partial charge in [0.15, 0.2) is 0 Å². The van der Waals surface area contributed by atoms with E-state index in [1.165, 1.54) is 0 Å². The maximum absolute atomic E-state index is 11.7. The molecule has 0 fully saturated rings. The van der Waals surface area contributed by atoms with Crippen molar-refractivity contribution in [1.29, 1.82) is 0 Å². The van der Waals surface area contributed by atoms with E-state index >= 15 is 0 Å². The van der Waals surface area contributed by atoms with E-state index in [0.29, 0.717) is 22.4 Å². The summed E-state index contributed by atoms with van der Waals surface area (Å²) in [6.45, 7) is 5.72. The molecule has 2 rings (SSSR count). The van der Waals surface area contributed by atoms with Gasteiger partial charge in [-0.05, 0) is 12.1 Å². The highest BCUT2D eigenvalue weighted by atomic mass is 35.5. The van der Waals surface area contributed by atoms with Gasteiger partial charge in [0, 0.05) is 5.41 Å². The number of benzene rings is 1. The van der Waals surface area contributed by atoms with Gasteiger partial charge in [0.2, 0.25) is 17.7 Å². The first-order valence-corrected chi connectivity index (χ1v) is 6.61. The lowest BCUT2D eigenvalue weighted by atomic mass is 9.96. The normalized spacial score (nSPS) is 11.4. The average Bonchev–Trinajstić information content (AvgIpc) is 2.84. The van der Waals surface area contributed by atoms with E-state index in [0.717, 1.165) is 0 Å². The molecule has 106 valence electrons. The van der Waals surface area contributed by atoms with Gasteiger partial charge in [-0.2, -0.15) is 0 Å². The molecule has 0 aliphatic rings. The van der Waals surface area contributed by atoms with Crippen molar-refractivity contribution in [3.05, 3.63) is 35.2 Å². The van der Waals surface area contributed by atoms with Crippen LogP contribution in [0.1, 0.15) is 26.7 Å². The van der Waals surface area contributed by atoms with Crippen LogP contribution in [0, 0.1) is 5.41 Å². The highest BCUT2D eigenvalue weighted by molar-refractivity contribution is 6.33. The molecule has 1 aromatic carbocycles. The Hall–Kier alpha value is -1.88. The molecule has 0 aliphatic heterocycles. The lowest BCUT2D eigenvalue weighted by Crippen LogP contribution is -2.34. The molecular weight excluding hydrogens is 278 g/mol. The second-order valence-electron chi connectivity index (χ2n) is 5.41. The first kappa shape index (κ1) is 14.5. The second kappa shape index (κ2) is 5.63. The molecule has 0 spiro atoms. The number of rotatable bonds is 3. The number of hydrogen-bond donors (Lipinski definition) is 1. The van der Waals surface area contributed by atoms with E-state index in [1.54, 1.807) is 12.1 Å². The molecule has 2 aromatic rings. The highest BCUT2D eigenvalue weighted by Crippen LogP contribution is 2.26. The topological polar surface area (TPSA) is 68.0 Å². The zero-order chi connectivity index (χ0) is 14.8. The predicted molar refractivity (Wildman–Crippen MR) is 76.0 cm³/mol. The summed E-state index contributed by atoms with van der Waals surface area (Å²) in [6, 6.07) is 7.22. The molecule has 1 N–H and O–H groups in total. The van der Waals surface area contributed by atoms with Crippen LogP contribution >= 0.6 is 11.6 Å². The molecule has 6 heteroatoms. The molecular formula is C14H16ClN3O2. The Kier molecular flexibility index (Phi) is 4.09. The number of amides is 1. The van der Waals surface area contributed by atoms with Gasteiger partial charge in [0.1, 0.15) is 0 Å². The van der Waals surface area contributed by atoms with Crippen molar-refractivity contribution in [3.63, 3.8) is 0 Å². The molecule has 0 radical (unpaired) electrons. The van der Waals surface area contributed by atoms with Crippen molar-refractivity contribution in [1.82, 2.24) is 15.5 Å². The summed E-state index contributed by atoms with van der Waals surface area (Å²) in [5.41, 5.74) is 0.223. The van der Waals surface area contributed by atoms with Gasteiger partial charge in [-0.25, -0.2) is 0 Å². The van der Waals surface area contributed by atoms with Gasteiger partial charge >= 0.3 is 0 Å². The van der Waals surface area contributed by atoms with E-state index < -0.39 is 5.41 Å². The Bertz CT molecular complexity index is 617. The van der Waals surface area contributed by atoms with Gasteiger partial charge in [0.25, 0.3) is 0 Å². The molecule has 20 heavy (non-hydrogen) atoms. The van der Waals surface area contributed by atoms with Crippen molar-refractivity contribution in [2.24, 2.45) is 5.41 Å². The molecule has 1 heterocycles. The van der Waals surface area contributed by atoms with E-state index in [9.17, 15) is 4.79 Å². The van der Waals surface area contributed by atoms with Gasteiger partial charge in [-0.15, -0.1) is 10.2 Å². The maximum Gasteiger partial charge on any atom is 0.249 e. The Morgan fingerprint density at radius 3 is 2.65 bits per heavy atom. The highest BCUT2D eigenvalue weighted by Gasteiger charge is 2.21. The molecule has 0 atom stereocenters.